The minimum absolute atomic E-state index is 0.0142. The van der Waals surface area contributed by atoms with Crippen molar-refractivity contribution in [2.24, 2.45) is 5.92 Å². The van der Waals surface area contributed by atoms with Gasteiger partial charge < -0.3 is 15.0 Å². The van der Waals surface area contributed by atoms with Gasteiger partial charge in [0.1, 0.15) is 11.5 Å². The van der Waals surface area contributed by atoms with Gasteiger partial charge in [0.2, 0.25) is 5.91 Å². The maximum atomic E-state index is 15.0. The van der Waals surface area contributed by atoms with Crippen molar-refractivity contribution < 1.29 is 23.5 Å². The molecule has 4 aromatic rings. The van der Waals surface area contributed by atoms with Gasteiger partial charge in [0, 0.05) is 28.0 Å². The molecule has 3 heterocycles. The first kappa shape index (κ1) is 26.2. The van der Waals surface area contributed by atoms with Crippen LogP contribution in [0.5, 0.6) is 5.75 Å². The van der Waals surface area contributed by atoms with Gasteiger partial charge in [-0.15, -0.1) is 0 Å². The summed E-state index contributed by atoms with van der Waals surface area (Å²) in [6, 6.07) is 23.6. The number of carbonyl (C=O) groups is 3. The molecule has 0 unspecified atom stereocenters. The van der Waals surface area contributed by atoms with Crippen molar-refractivity contribution in [3.63, 3.8) is 0 Å². The van der Waals surface area contributed by atoms with Crippen molar-refractivity contribution in [2.45, 2.75) is 17.5 Å². The summed E-state index contributed by atoms with van der Waals surface area (Å²) < 4.78 is 20.0. The Morgan fingerprint density at radius 3 is 2.40 bits per heavy atom. The lowest BCUT2D eigenvalue weighted by molar-refractivity contribution is -0.122. The van der Waals surface area contributed by atoms with E-state index in [0.29, 0.717) is 21.8 Å². The number of Topliss-reactive ketones (excluding diaryl/α,β-unsaturated/α-hetero) is 2. The Morgan fingerprint density at radius 1 is 0.929 bits per heavy atom. The second kappa shape index (κ2) is 9.67. The van der Waals surface area contributed by atoms with Crippen LogP contribution in [0.3, 0.4) is 0 Å². The van der Waals surface area contributed by atoms with Crippen molar-refractivity contribution >= 4 is 40.8 Å². The molecule has 1 saturated heterocycles. The molecule has 1 spiro atoms. The Balaban J connectivity index is 1.52. The quantitative estimate of drug-likeness (QED) is 0.275. The largest absolute Gasteiger partial charge is 0.494 e. The van der Waals surface area contributed by atoms with E-state index in [-0.39, 0.29) is 23.0 Å². The lowest BCUT2D eigenvalue weighted by Crippen LogP contribution is -2.49. The number of nitrogens with zero attached hydrogens (tertiary/aromatic N) is 1. The molecule has 0 aromatic heterocycles. The maximum absolute atomic E-state index is 15.0. The number of fused-ring (bicyclic) bond motifs is 6. The fraction of sp³-hybridized carbons (Fsp3) is 0.147. The average molecular weight is 579 g/mol. The molecule has 3 aliphatic heterocycles. The Morgan fingerprint density at radius 2 is 1.64 bits per heavy atom. The van der Waals surface area contributed by atoms with Gasteiger partial charge in [-0.2, -0.15) is 0 Å². The summed E-state index contributed by atoms with van der Waals surface area (Å²) in [5.41, 5.74) is 1.78. The van der Waals surface area contributed by atoms with Gasteiger partial charge in [-0.25, -0.2) is 4.39 Å². The minimum Gasteiger partial charge on any atom is -0.494 e. The molecule has 8 heteroatoms. The van der Waals surface area contributed by atoms with Crippen molar-refractivity contribution in [1.29, 1.82) is 0 Å². The van der Waals surface area contributed by atoms with Crippen LogP contribution in [-0.4, -0.2) is 35.5 Å². The minimum atomic E-state index is -1.50. The van der Waals surface area contributed by atoms with Crippen molar-refractivity contribution in [2.75, 3.05) is 12.4 Å². The number of benzene rings is 4. The number of ketones is 2. The topological polar surface area (TPSA) is 75.7 Å². The normalized spacial score (nSPS) is 23.3. The van der Waals surface area contributed by atoms with Gasteiger partial charge in [0.05, 0.1) is 19.1 Å². The van der Waals surface area contributed by atoms with Gasteiger partial charge in [-0.05, 0) is 71.3 Å². The number of hydrogen-bond donors (Lipinski definition) is 1. The second-order valence-corrected chi connectivity index (χ2v) is 11.1. The number of nitrogens with one attached hydrogen (secondary N) is 1. The van der Waals surface area contributed by atoms with Crippen molar-refractivity contribution in [1.82, 2.24) is 4.90 Å². The number of hydrogen-bond acceptors (Lipinski definition) is 5. The van der Waals surface area contributed by atoms with Crippen LogP contribution in [0, 0.1) is 11.7 Å². The number of amides is 1. The van der Waals surface area contributed by atoms with E-state index in [2.05, 4.69) is 5.32 Å². The predicted molar refractivity (Wildman–Crippen MR) is 157 cm³/mol. The third kappa shape index (κ3) is 3.59. The first-order chi connectivity index (χ1) is 20.4. The van der Waals surface area contributed by atoms with E-state index < -0.39 is 35.0 Å². The summed E-state index contributed by atoms with van der Waals surface area (Å²) >= 11 is 6.13. The molecule has 0 aliphatic carbocycles. The van der Waals surface area contributed by atoms with Gasteiger partial charge in [-0.3, -0.25) is 14.4 Å². The molecule has 6 nitrogen and oxygen atoms in total. The van der Waals surface area contributed by atoms with E-state index in [0.717, 1.165) is 17.2 Å². The zero-order valence-electron chi connectivity index (χ0n) is 22.4. The van der Waals surface area contributed by atoms with Crippen LogP contribution in [0.1, 0.15) is 43.4 Å². The summed E-state index contributed by atoms with van der Waals surface area (Å²) in [6.07, 6.45) is 3.68. The Hall–Kier alpha value is -4.75. The molecule has 208 valence electrons. The van der Waals surface area contributed by atoms with Crippen LogP contribution >= 0.6 is 11.6 Å². The molecule has 4 atom stereocenters. The van der Waals surface area contributed by atoms with Crippen LogP contribution in [0.15, 0.2) is 97.2 Å². The first-order valence-electron chi connectivity index (χ1n) is 13.5. The first-order valence-corrected chi connectivity index (χ1v) is 13.9. The van der Waals surface area contributed by atoms with E-state index in [4.69, 9.17) is 16.3 Å². The highest BCUT2D eigenvalue weighted by molar-refractivity contribution is 6.30. The third-order valence-electron chi connectivity index (χ3n) is 8.69. The predicted octanol–water partition coefficient (Wildman–Crippen LogP) is 6.47. The molecule has 0 saturated carbocycles. The number of ether oxygens (including phenoxy) is 1. The number of carbonyl (C=O) groups excluding carboxylic acids is 3. The molecular formula is C34H24ClFN2O4. The zero-order valence-corrected chi connectivity index (χ0v) is 23.1. The Bertz CT molecular complexity index is 1820. The molecule has 0 radical (unpaired) electrons. The molecule has 0 bridgehead atoms. The third-order valence-corrected chi connectivity index (χ3v) is 8.94. The van der Waals surface area contributed by atoms with Crippen LogP contribution in [0.25, 0.3) is 6.08 Å². The summed E-state index contributed by atoms with van der Waals surface area (Å²) in [5.74, 6) is -3.19. The second-order valence-electron chi connectivity index (χ2n) is 10.7. The van der Waals surface area contributed by atoms with Crippen LogP contribution < -0.4 is 10.1 Å². The highest BCUT2D eigenvalue weighted by atomic mass is 35.5. The smallest absolute Gasteiger partial charge is 0.238 e. The van der Waals surface area contributed by atoms with Crippen molar-refractivity contribution in [3.05, 3.63) is 136 Å². The van der Waals surface area contributed by atoms with Crippen LogP contribution in [0.2, 0.25) is 5.02 Å². The molecule has 3 aliphatic rings. The molecular weight excluding hydrogens is 555 g/mol. The fourth-order valence-electron chi connectivity index (χ4n) is 6.95. The summed E-state index contributed by atoms with van der Waals surface area (Å²) in [6.45, 7) is 0. The lowest BCUT2D eigenvalue weighted by atomic mass is 9.62. The number of rotatable bonds is 5. The zero-order chi connectivity index (χ0) is 29.2. The van der Waals surface area contributed by atoms with E-state index in [1.54, 1.807) is 36.5 Å². The highest BCUT2D eigenvalue weighted by Gasteiger charge is 2.70. The van der Waals surface area contributed by atoms with Gasteiger partial charge >= 0.3 is 0 Å². The molecule has 4 aromatic carbocycles. The van der Waals surface area contributed by atoms with Gasteiger partial charge in [0.25, 0.3) is 0 Å². The SMILES string of the molecule is COc1ccc(C(=O)[C@@H]2[C@H](C(=O)c3ccc(Cl)cc3)N3C=Cc4ccccc4[C@@H]3[C@]23C(=O)Nc2ccccc23)cc1F. The number of methoxy groups -OCH3 is 1. The summed E-state index contributed by atoms with van der Waals surface area (Å²) in [5, 5.41) is 3.46. The van der Waals surface area contributed by atoms with Crippen LogP contribution in [0.4, 0.5) is 10.1 Å². The van der Waals surface area contributed by atoms with E-state index in [1.165, 1.54) is 19.2 Å². The molecule has 42 heavy (non-hydrogen) atoms. The fourth-order valence-corrected chi connectivity index (χ4v) is 7.08. The number of halogens is 2. The molecule has 1 N–H and O–H groups in total. The molecule has 1 fully saturated rings. The summed E-state index contributed by atoms with van der Waals surface area (Å²) in [4.78, 5) is 45.5. The molecule has 7 rings (SSSR count). The number of para-hydroxylation sites is 1. The summed E-state index contributed by atoms with van der Waals surface area (Å²) in [7, 11) is 1.34. The standard InChI is InChI=1S/C34H24ClFN2O4/c1-42-27-15-12-21(18-25(27)36)30(39)28-29(31(40)20-10-13-22(35)14-11-20)38-17-16-19-6-2-3-7-23(19)32(38)34(28)24-8-4-5-9-26(24)37-33(34)41/h2-18,28-29,32H,1H3,(H,37,41)/t28-,29+,32+,34+/m0/s1. The Labute approximate surface area is 246 Å². The van der Waals surface area contributed by atoms with Gasteiger partial charge in [-0.1, -0.05) is 54.1 Å². The lowest BCUT2D eigenvalue weighted by Gasteiger charge is -2.38. The average Bonchev–Trinajstić information content (AvgIpc) is 3.49. The molecule has 1 amide bonds. The van der Waals surface area contributed by atoms with E-state index in [9.17, 15) is 18.8 Å². The highest BCUT2D eigenvalue weighted by Crippen LogP contribution is 2.62. The monoisotopic (exact) mass is 578 g/mol. The van der Waals surface area contributed by atoms with Crippen molar-refractivity contribution in [3.8, 4) is 5.75 Å². The van der Waals surface area contributed by atoms with Gasteiger partial charge in [0.15, 0.2) is 23.1 Å². The van der Waals surface area contributed by atoms with Crippen LogP contribution in [-0.2, 0) is 10.2 Å². The Kier molecular flexibility index (Phi) is 6.02. The van der Waals surface area contributed by atoms with E-state index >= 15 is 0 Å². The maximum Gasteiger partial charge on any atom is 0.238 e. The van der Waals surface area contributed by atoms with E-state index in [1.807, 2.05) is 53.4 Å². The number of anilines is 1.